The average Bonchev–Trinajstić information content (AvgIpc) is 2.94. The first-order chi connectivity index (χ1) is 11.6. The van der Waals surface area contributed by atoms with Gasteiger partial charge in [-0.25, -0.2) is 9.18 Å². The maximum absolute atomic E-state index is 13.2. The van der Waals surface area contributed by atoms with Crippen molar-refractivity contribution in [3.05, 3.63) is 77.3 Å². The highest BCUT2D eigenvalue weighted by atomic mass is 35.5. The van der Waals surface area contributed by atoms with Gasteiger partial charge in [-0.3, -0.25) is 4.68 Å². The summed E-state index contributed by atoms with van der Waals surface area (Å²) in [5.74, 6) is -0.293. The van der Waals surface area contributed by atoms with Crippen molar-refractivity contribution in [2.24, 2.45) is 0 Å². The predicted octanol–water partition coefficient (Wildman–Crippen LogP) is 4.37. The fourth-order valence-corrected chi connectivity index (χ4v) is 2.39. The van der Waals surface area contributed by atoms with Crippen molar-refractivity contribution < 1.29 is 9.18 Å². The van der Waals surface area contributed by atoms with Crippen molar-refractivity contribution >= 4 is 29.0 Å². The van der Waals surface area contributed by atoms with Crippen molar-refractivity contribution in [3.8, 4) is 0 Å². The highest BCUT2D eigenvalue weighted by molar-refractivity contribution is 6.30. The van der Waals surface area contributed by atoms with Gasteiger partial charge in [0.1, 0.15) is 5.82 Å². The third-order valence-corrected chi connectivity index (χ3v) is 3.44. The second kappa shape index (κ2) is 7.14. The summed E-state index contributed by atoms with van der Waals surface area (Å²) in [6.45, 7) is 0.412. The van der Waals surface area contributed by atoms with Gasteiger partial charge < -0.3 is 10.6 Å². The highest BCUT2D eigenvalue weighted by Gasteiger charge is 2.06. The van der Waals surface area contributed by atoms with E-state index < -0.39 is 6.03 Å². The molecule has 122 valence electrons. The van der Waals surface area contributed by atoms with E-state index in [-0.39, 0.29) is 5.82 Å². The predicted molar refractivity (Wildman–Crippen MR) is 91.8 cm³/mol. The molecular weight excluding hydrogens is 331 g/mol. The number of carbonyl (C=O) groups is 1. The summed E-state index contributed by atoms with van der Waals surface area (Å²) >= 11 is 5.87. The lowest BCUT2D eigenvalue weighted by molar-refractivity contribution is 0.262. The van der Waals surface area contributed by atoms with E-state index in [2.05, 4.69) is 15.7 Å². The molecular formula is C17H14ClFN4O. The van der Waals surface area contributed by atoms with E-state index in [9.17, 15) is 9.18 Å². The van der Waals surface area contributed by atoms with E-state index in [1.54, 1.807) is 41.2 Å². The number of hydrogen-bond acceptors (Lipinski definition) is 2. The Labute approximate surface area is 143 Å². The number of hydrogen-bond donors (Lipinski definition) is 2. The van der Waals surface area contributed by atoms with Gasteiger partial charge in [-0.1, -0.05) is 29.8 Å². The third-order valence-electron chi connectivity index (χ3n) is 3.21. The van der Waals surface area contributed by atoms with E-state index in [0.717, 1.165) is 5.56 Å². The van der Waals surface area contributed by atoms with Crippen LogP contribution in [0.2, 0.25) is 5.02 Å². The smallest absolute Gasteiger partial charge is 0.308 e. The minimum Gasteiger partial charge on any atom is -0.308 e. The maximum atomic E-state index is 13.2. The van der Waals surface area contributed by atoms with Crippen molar-refractivity contribution in [3.63, 3.8) is 0 Å². The lowest BCUT2D eigenvalue weighted by atomic mass is 10.2. The summed E-state index contributed by atoms with van der Waals surface area (Å²) in [4.78, 5) is 12.0. The Morgan fingerprint density at radius 2 is 1.92 bits per heavy atom. The topological polar surface area (TPSA) is 59.0 Å². The standard InChI is InChI=1S/C17H14ClFN4O/c18-13-4-2-6-15(8-13)21-17(24)22-16-9-20-23(11-16)10-12-3-1-5-14(19)7-12/h1-9,11H,10H2,(H2,21,22,24). The number of rotatable bonds is 4. The molecule has 2 amide bonds. The van der Waals surface area contributed by atoms with Gasteiger partial charge in [0.05, 0.1) is 18.4 Å². The Morgan fingerprint density at radius 1 is 1.12 bits per heavy atom. The Morgan fingerprint density at radius 3 is 2.71 bits per heavy atom. The molecule has 3 aromatic rings. The molecule has 2 N–H and O–H groups in total. The van der Waals surface area contributed by atoms with Gasteiger partial charge in [-0.15, -0.1) is 0 Å². The number of halogens is 2. The average molecular weight is 345 g/mol. The van der Waals surface area contributed by atoms with Crippen LogP contribution in [0, 0.1) is 5.82 Å². The molecule has 0 atom stereocenters. The van der Waals surface area contributed by atoms with Crippen LogP contribution < -0.4 is 10.6 Å². The molecule has 0 radical (unpaired) electrons. The van der Waals surface area contributed by atoms with Crippen molar-refractivity contribution in [1.29, 1.82) is 0 Å². The van der Waals surface area contributed by atoms with Gasteiger partial charge in [-0.2, -0.15) is 5.10 Å². The van der Waals surface area contributed by atoms with Crippen LogP contribution in [-0.2, 0) is 6.54 Å². The van der Waals surface area contributed by atoms with Crippen LogP contribution in [0.1, 0.15) is 5.56 Å². The molecule has 0 aliphatic rings. The van der Waals surface area contributed by atoms with Gasteiger partial charge in [0.25, 0.3) is 0 Å². The summed E-state index contributed by atoms with van der Waals surface area (Å²) in [6, 6.07) is 12.7. The normalized spacial score (nSPS) is 10.4. The SMILES string of the molecule is O=C(Nc1cccc(Cl)c1)Nc1cnn(Cc2cccc(F)c2)c1. The Bertz CT molecular complexity index is 865. The number of nitrogens with one attached hydrogen (secondary N) is 2. The molecule has 0 fully saturated rings. The second-order valence-corrected chi connectivity index (χ2v) is 5.58. The minimum atomic E-state index is -0.400. The van der Waals surface area contributed by atoms with Gasteiger partial charge in [0.2, 0.25) is 0 Å². The van der Waals surface area contributed by atoms with E-state index >= 15 is 0 Å². The largest absolute Gasteiger partial charge is 0.323 e. The Kier molecular flexibility index (Phi) is 4.77. The molecule has 0 spiro atoms. The van der Waals surface area contributed by atoms with Crippen molar-refractivity contribution in [2.45, 2.75) is 6.54 Å². The molecule has 1 heterocycles. The molecule has 2 aromatic carbocycles. The summed E-state index contributed by atoms with van der Waals surface area (Å²) in [5.41, 5.74) is 1.91. The monoisotopic (exact) mass is 344 g/mol. The van der Waals surface area contributed by atoms with Gasteiger partial charge in [-0.05, 0) is 35.9 Å². The van der Waals surface area contributed by atoms with Crippen molar-refractivity contribution in [1.82, 2.24) is 9.78 Å². The van der Waals surface area contributed by atoms with Gasteiger partial charge in [0.15, 0.2) is 0 Å². The number of urea groups is 1. The van der Waals surface area contributed by atoms with Gasteiger partial charge in [0, 0.05) is 16.9 Å². The Balaban J connectivity index is 1.60. The Hall–Kier alpha value is -2.86. The summed E-state index contributed by atoms with van der Waals surface area (Å²) < 4.78 is 14.8. The van der Waals surface area contributed by atoms with E-state index in [4.69, 9.17) is 11.6 Å². The fourth-order valence-electron chi connectivity index (χ4n) is 2.20. The molecule has 24 heavy (non-hydrogen) atoms. The molecule has 0 aliphatic heterocycles. The number of anilines is 2. The molecule has 0 saturated carbocycles. The van der Waals surface area contributed by atoms with E-state index in [1.165, 1.54) is 18.3 Å². The first kappa shape index (κ1) is 16.0. The second-order valence-electron chi connectivity index (χ2n) is 5.15. The number of benzene rings is 2. The number of aromatic nitrogens is 2. The van der Waals surface area contributed by atoms with Crippen LogP contribution in [0.25, 0.3) is 0 Å². The first-order valence-corrected chi connectivity index (χ1v) is 7.57. The lowest BCUT2D eigenvalue weighted by Crippen LogP contribution is -2.19. The van der Waals surface area contributed by atoms with Crippen LogP contribution >= 0.6 is 11.6 Å². The molecule has 0 saturated heterocycles. The molecule has 1 aromatic heterocycles. The number of amides is 2. The van der Waals surface area contributed by atoms with Crippen LogP contribution in [0.4, 0.5) is 20.6 Å². The summed E-state index contributed by atoms with van der Waals surface area (Å²) in [5, 5.41) is 10.0. The highest BCUT2D eigenvalue weighted by Crippen LogP contribution is 2.15. The van der Waals surface area contributed by atoms with Crippen molar-refractivity contribution in [2.75, 3.05) is 10.6 Å². The molecule has 3 rings (SSSR count). The van der Waals surface area contributed by atoms with Crippen LogP contribution in [0.15, 0.2) is 60.9 Å². The third kappa shape index (κ3) is 4.33. The molecule has 7 heteroatoms. The quantitative estimate of drug-likeness (QED) is 0.738. The molecule has 0 aliphatic carbocycles. The molecule has 0 unspecified atom stereocenters. The zero-order valence-electron chi connectivity index (χ0n) is 12.5. The number of nitrogens with zero attached hydrogens (tertiary/aromatic N) is 2. The fraction of sp³-hybridized carbons (Fsp3) is 0.0588. The molecule has 0 bridgehead atoms. The summed E-state index contributed by atoms with van der Waals surface area (Å²) in [6.07, 6.45) is 3.19. The summed E-state index contributed by atoms with van der Waals surface area (Å²) in [7, 11) is 0. The molecule has 5 nitrogen and oxygen atoms in total. The van der Waals surface area contributed by atoms with Crippen LogP contribution in [0.3, 0.4) is 0 Å². The van der Waals surface area contributed by atoms with Gasteiger partial charge >= 0.3 is 6.03 Å². The number of carbonyl (C=O) groups excluding carboxylic acids is 1. The first-order valence-electron chi connectivity index (χ1n) is 7.19. The van der Waals surface area contributed by atoms with E-state index in [0.29, 0.717) is 22.9 Å². The van der Waals surface area contributed by atoms with Crippen LogP contribution in [0.5, 0.6) is 0 Å². The lowest BCUT2D eigenvalue weighted by Gasteiger charge is -2.06. The van der Waals surface area contributed by atoms with Crippen LogP contribution in [-0.4, -0.2) is 15.8 Å². The van der Waals surface area contributed by atoms with E-state index in [1.807, 2.05) is 6.07 Å². The zero-order chi connectivity index (χ0) is 16.9. The maximum Gasteiger partial charge on any atom is 0.323 e. The minimum absolute atomic E-state index is 0.293. The zero-order valence-corrected chi connectivity index (χ0v) is 13.3.